The van der Waals surface area contributed by atoms with Crippen LogP contribution in [-0.2, 0) is 11.3 Å². The molecule has 1 amide bonds. The molecule has 0 atom stereocenters. The zero-order valence-corrected chi connectivity index (χ0v) is 12.8. The van der Waals surface area contributed by atoms with E-state index in [4.69, 9.17) is 0 Å². The fraction of sp³-hybridized carbons (Fsp3) is 0.750. The molecule has 1 fully saturated rings. The van der Waals surface area contributed by atoms with Crippen molar-refractivity contribution in [3.8, 4) is 0 Å². The van der Waals surface area contributed by atoms with Crippen LogP contribution in [0.2, 0.25) is 0 Å². The maximum atomic E-state index is 12.1. The summed E-state index contributed by atoms with van der Waals surface area (Å²) in [5.41, 5.74) is 0. The van der Waals surface area contributed by atoms with Gasteiger partial charge < -0.3 is 9.88 Å². The monoisotopic (exact) mass is 277 g/mol. The lowest BCUT2D eigenvalue weighted by molar-refractivity contribution is -0.125. The van der Waals surface area contributed by atoms with E-state index in [0.29, 0.717) is 12.5 Å². The molecule has 1 aromatic heterocycles. The van der Waals surface area contributed by atoms with Gasteiger partial charge in [-0.15, -0.1) is 0 Å². The van der Waals surface area contributed by atoms with E-state index in [1.54, 1.807) is 0 Å². The molecule has 1 aliphatic rings. The molecule has 20 heavy (non-hydrogen) atoms. The summed E-state index contributed by atoms with van der Waals surface area (Å²) in [6, 6.07) is 0. The van der Waals surface area contributed by atoms with Crippen LogP contribution in [0.3, 0.4) is 0 Å². The number of nitrogens with one attached hydrogen (secondary N) is 1. The summed E-state index contributed by atoms with van der Waals surface area (Å²) in [6.07, 6.45) is 10.6. The van der Waals surface area contributed by atoms with Gasteiger partial charge in [-0.3, -0.25) is 4.79 Å². The fourth-order valence-electron chi connectivity index (χ4n) is 2.76. The second-order valence-corrected chi connectivity index (χ2v) is 5.82. The second-order valence-electron chi connectivity index (χ2n) is 5.82. The molecule has 0 aromatic carbocycles. The topological polar surface area (TPSA) is 46.9 Å². The molecule has 1 heterocycles. The van der Waals surface area contributed by atoms with E-state index in [9.17, 15) is 4.79 Å². The molecule has 0 unspecified atom stereocenters. The molecule has 4 nitrogen and oxygen atoms in total. The Labute approximate surface area is 122 Å². The van der Waals surface area contributed by atoms with Crippen LogP contribution in [0.15, 0.2) is 12.4 Å². The molecule has 4 heteroatoms. The number of aromatic nitrogens is 2. The lowest BCUT2D eigenvalue weighted by Crippen LogP contribution is -2.33. The number of hydrogen-bond donors (Lipinski definition) is 1. The summed E-state index contributed by atoms with van der Waals surface area (Å²) in [7, 11) is 0. The van der Waals surface area contributed by atoms with Gasteiger partial charge in [-0.25, -0.2) is 4.98 Å². The van der Waals surface area contributed by atoms with E-state index in [0.717, 1.165) is 32.2 Å². The third kappa shape index (κ3) is 4.09. The molecule has 2 rings (SSSR count). The number of rotatable bonds is 9. The Bertz CT molecular complexity index is 417. The Balaban J connectivity index is 1.76. The average molecular weight is 277 g/mol. The maximum Gasteiger partial charge on any atom is 0.223 e. The molecule has 112 valence electrons. The minimum atomic E-state index is 0.190. The standard InChI is InChI=1S/C16H27N3O/c1-3-5-14(6-4-2)16(20)18-10-12-19-11-9-17-15(19)13-7-8-13/h9,11,13-14H,3-8,10,12H2,1-2H3,(H,18,20). The van der Waals surface area contributed by atoms with E-state index >= 15 is 0 Å². The Morgan fingerprint density at radius 1 is 1.40 bits per heavy atom. The van der Waals surface area contributed by atoms with Gasteiger partial charge in [-0.05, 0) is 25.7 Å². The minimum absolute atomic E-state index is 0.190. The van der Waals surface area contributed by atoms with Gasteiger partial charge in [0.2, 0.25) is 5.91 Å². The second kappa shape index (κ2) is 7.46. The smallest absolute Gasteiger partial charge is 0.223 e. The van der Waals surface area contributed by atoms with Gasteiger partial charge in [0.15, 0.2) is 0 Å². The Kier molecular flexibility index (Phi) is 5.62. The van der Waals surface area contributed by atoms with Crippen molar-refractivity contribution < 1.29 is 4.79 Å². The van der Waals surface area contributed by atoms with Crippen molar-refractivity contribution in [2.75, 3.05) is 6.54 Å². The first-order valence-corrected chi connectivity index (χ1v) is 8.05. The summed E-state index contributed by atoms with van der Waals surface area (Å²) in [4.78, 5) is 16.6. The van der Waals surface area contributed by atoms with Gasteiger partial charge in [0.25, 0.3) is 0 Å². The van der Waals surface area contributed by atoms with Crippen LogP contribution >= 0.6 is 0 Å². The fourth-order valence-corrected chi connectivity index (χ4v) is 2.76. The van der Waals surface area contributed by atoms with E-state index in [-0.39, 0.29) is 11.8 Å². The van der Waals surface area contributed by atoms with Crippen molar-refractivity contribution in [1.82, 2.24) is 14.9 Å². The van der Waals surface area contributed by atoms with Crippen LogP contribution in [0.25, 0.3) is 0 Å². The van der Waals surface area contributed by atoms with Crippen molar-refractivity contribution in [2.45, 2.75) is 64.8 Å². The lowest BCUT2D eigenvalue weighted by atomic mass is 9.97. The largest absolute Gasteiger partial charge is 0.354 e. The van der Waals surface area contributed by atoms with E-state index in [1.807, 2.05) is 12.4 Å². The van der Waals surface area contributed by atoms with Gasteiger partial charge >= 0.3 is 0 Å². The lowest BCUT2D eigenvalue weighted by Gasteiger charge is -2.15. The van der Waals surface area contributed by atoms with Crippen LogP contribution in [0.5, 0.6) is 0 Å². The highest BCUT2D eigenvalue weighted by Gasteiger charge is 2.27. The zero-order chi connectivity index (χ0) is 14.4. The summed E-state index contributed by atoms with van der Waals surface area (Å²) in [5.74, 6) is 2.27. The molecular weight excluding hydrogens is 250 g/mol. The molecule has 1 aromatic rings. The van der Waals surface area contributed by atoms with Crippen molar-refractivity contribution in [2.24, 2.45) is 5.92 Å². The molecule has 0 saturated heterocycles. The van der Waals surface area contributed by atoms with Crippen LogP contribution in [0, 0.1) is 5.92 Å². The highest BCUT2D eigenvalue weighted by atomic mass is 16.1. The minimum Gasteiger partial charge on any atom is -0.354 e. The summed E-state index contributed by atoms with van der Waals surface area (Å²) >= 11 is 0. The Morgan fingerprint density at radius 3 is 2.70 bits per heavy atom. The van der Waals surface area contributed by atoms with Crippen LogP contribution in [0.4, 0.5) is 0 Å². The number of carbonyl (C=O) groups excluding carboxylic acids is 1. The molecular formula is C16H27N3O. The highest BCUT2D eigenvalue weighted by Crippen LogP contribution is 2.38. The quantitative estimate of drug-likeness (QED) is 0.754. The Morgan fingerprint density at radius 2 is 2.10 bits per heavy atom. The first-order valence-electron chi connectivity index (χ1n) is 8.05. The number of amides is 1. The van der Waals surface area contributed by atoms with Crippen molar-refractivity contribution in [1.29, 1.82) is 0 Å². The molecule has 1 aliphatic carbocycles. The van der Waals surface area contributed by atoms with Gasteiger partial charge in [0.05, 0.1) is 0 Å². The number of nitrogens with zero attached hydrogens (tertiary/aromatic N) is 2. The SMILES string of the molecule is CCCC(CCC)C(=O)NCCn1ccnc1C1CC1. The van der Waals surface area contributed by atoms with Gasteiger partial charge in [-0.2, -0.15) is 0 Å². The van der Waals surface area contributed by atoms with Crippen LogP contribution in [0.1, 0.15) is 64.1 Å². The van der Waals surface area contributed by atoms with E-state index in [1.165, 1.54) is 18.7 Å². The van der Waals surface area contributed by atoms with Crippen molar-refractivity contribution >= 4 is 5.91 Å². The van der Waals surface area contributed by atoms with Crippen LogP contribution < -0.4 is 5.32 Å². The zero-order valence-electron chi connectivity index (χ0n) is 12.8. The summed E-state index contributed by atoms with van der Waals surface area (Å²) < 4.78 is 2.19. The third-order valence-electron chi connectivity index (χ3n) is 3.99. The predicted molar refractivity (Wildman–Crippen MR) is 80.5 cm³/mol. The molecule has 0 spiro atoms. The molecule has 0 radical (unpaired) electrons. The summed E-state index contributed by atoms with van der Waals surface area (Å²) in [6.45, 7) is 5.83. The first kappa shape index (κ1) is 15.1. The van der Waals surface area contributed by atoms with Crippen molar-refractivity contribution in [3.63, 3.8) is 0 Å². The average Bonchev–Trinajstić information content (AvgIpc) is 3.18. The first-order chi connectivity index (χ1) is 9.76. The maximum absolute atomic E-state index is 12.1. The van der Waals surface area contributed by atoms with Gasteiger partial charge in [0.1, 0.15) is 5.82 Å². The summed E-state index contributed by atoms with van der Waals surface area (Å²) in [5, 5.41) is 3.09. The van der Waals surface area contributed by atoms with Crippen LogP contribution in [-0.4, -0.2) is 22.0 Å². The molecule has 0 aliphatic heterocycles. The predicted octanol–water partition coefficient (Wildman–Crippen LogP) is 3.09. The van der Waals surface area contributed by atoms with Gasteiger partial charge in [-0.1, -0.05) is 26.7 Å². The molecule has 0 bridgehead atoms. The van der Waals surface area contributed by atoms with Gasteiger partial charge in [0, 0.05) is 37.3 Å². The molecule has 1 saturated carbocycles. The number of hydrogen-bond acceptors (Lipinski definition) is 2. The number of imidazole rings is 1. The number of carbonyl (C=O) groups is 1. The normalized spacial score (nSPS) is 14.8. The third-order valence-corrected chi connectivity index (χ3v) is 3.99. The Hall–Kier alpha value is -1.32. The van der Waals surface area contributed by atoms with E-state index in [2.05, 4.69) is 28.7 Å². The van der Waals surface area contributed by atoms with E-state index < -0.39 is 0 Å². The van der Waals surface area contributed by atoms with Crippen molar-refractivity contribution in [3.05, 3.63) is 18.2 Å². The molecule has 1 N–H and O–H groups in total. The highest BCUT2D eigenvalue weighted by molar-refractivity contribution is 5.78.